The van der Waals surface area contributed by atoms with Crippen LogP contribution in [-0.4, -0.2) is 13.2 Å². The monoisotopic (exact) mass is 376 g/mol. The zero-order chi connectivity index (χ0) is 19.3. The van der Waals surface area contributed by atoms with Crippen LogP contribution < -0.4 is 14.9 Å². The Kier molecular flexibility index (Phi) is 5.15. The summed E-state index contributed by atoms with van der Waals surface area (Å²) in [6.07, 6.45) is 2.36. The highest BCUT2D eigenvalue weighted by atomic mass is 16.5. The molecule has 4 aromatic rings. The van der Waals surface area contributed by atoms with E-state index in [0.717, 1.165) is 17.7 Å². The Morgan fingerprint density at radius 1 is 0.929 bits per heavy atom. The van der Waals surface area contributed by atoms with Crippen molar-refractivity contribution in [3.8, 4) is 23.0 Å². The zero-order valence-corrected chi connectivity index (χ0v) is 15.5. The first-order valence-electron chi connectivity index (χ1n) is 9.20. The standard InChI is InChI=1S/C23H20O5/c1-2-16-10-11-19-18(15-16)21(24)23(22(28-19)20-9-6-12-26-20)27-14-13-25-17-7-4-3-5-8-17/h3-12,15H,2,13-14H2,1H3. The lowest BCUT2D eigenvalue weighted by atomic mass is 10.1. The summed E-state index contributed by atoms with van der Waals surface area (Å²) >= 11 is 0. The molecule has 0 N–H and O–H groups in total. The molecule has 28 heavy (non-hydrogen) atoms. The quantitative estimate of drug-likeness (QED) is 0.421. The summed E-state index contributed by atoms with van der Waals surface area (Å²) in [5.41, 5.74) is 1.34. The van der Waals surface area contributed by atoms with Gasteiger partial charge in [-0.1, -0.05) is 31.2 Å². The van der Waals surface area contributed by atoms with Gasteiger partial charge in [0.25, 0.3) is 0 Å². The first-order chi connectivity index (χ1) is 13.8. The summed E-state index contributed by atoms with van der Waals surface area (Å²) in [6, 6.07) is 18.5. The van der Waals surface area contributed by atoms with Crippen molar-refractivity contribution in [1.29, 1.82) is 0 Å². The summed E-state index contributed by atoms with van der Waals surface area (Å²) in [7, 11) is 0. The van der Waals surface area contributed by atoms with Crippen molar-refractivity contribution in [2.75, 3.05) is 13.2 Å². The third kappa shape index (κ3) is 3.64. The second-order valence-corrected chi connectivity index (χ2v) is 6.26. The number of rotatable bonds is 7. The largest absolute Gasteiger partial charge is 0.490 e. The van der Waals surface area contributed by atoms with Gasteiger partial charge in [0, 0.05) is 0 Å². The molecule has 5 heteroatoms. The van der Waals surface area contributed by atoms with Crippen LogP contribution in [0.25, 0.3) is 22.5 Å². The molecule has 0 saturated carbocycles. The molecule has 2 heterocycles. The number of aryl methyl sites for hydroxylation is 1. The smallest absolute Gasteiger partial charge is 0.235 e. The van der Waals surface area contributed by atoms with Crippen LogP contribution in [0, 0.1) is 0 Å². The second-order valence-electron chi connectivity index (χ2n) is 6.26. The maximum Gasteiger partial charge on any atom is 0.235 e. The Labute approximate surface area is 162 Å². The number of hydrogen-bond donors (Lipinski definition) is 0. The molecule has 0 aliphatic heterocycles. The van der Waals surface area contributed by atoms with Gasteiger partial charge in [0.15, 0.2) is 5.76 Å². The van der Waals surface area contributed by atoms with Gasteiger partial charge in [0.1, 0.15) is 24.5 Å². The van der Waals surface area contributed by atoms with Gasteiger partial charge in [-0.2, -0.15) is 0 Å². The molecule has 0 unspecified atom stereocenters. The highest BCUT2D eigenvalue weighted by Crippen LogP contribution is 2.31. The Morgan fingerprint density at radius 3 is 2.50 bits per heavy atom. The van der Waals surface area contributed by atoms with Gasteiger partial charge in [0.2, 0.25) is 16.9 Å². The molecule has 5 nitrogen and oxygen atoms in total. The molecule has 4 rings (SSSR count). The van der Waals surface area contributed by atoms with Crippen molar-refractivity contribution in [1.82, 2.24) is 0 Å². The van der Waals surface area contributed by atoms with Crippen LogP contribution in [0.1, 0.15) is 12.5 Å². The summed E-state index contributed by atoms with van der Waals surface area (Å²) in [4.78, 5) is 13.1. The topological polar surface area (TPSA) is 61.8 Å². The lowest BCUT2D eigenvalue weighted by Crippen LogP contribution is -2.15. The first-order valence-corrected chi connectivity index (χ1v) is 9.20. The Morgan fingerprint density at radius 2 is 1.75 bits per heavy atom. The minimum Gasteiger partial charge on any atom is -0.490 e. The van der Waals surface area contributed by atoms with Gasteiger partial charge in [-0.25, -0.2) is 0 Å². The molecule has 0 radical (unpaired) electrons. The molecular formula is C23H20O5. The predicted octanol–water partition coefficient (Wildman–Crippen LogP) is 5.07. The SMILES string of the molecule is CCc1ccc2oc(-c3ccco3)c(OCCOc3ccccc3)c(=O)c2c1. The molecule has 0 spiro atoms. The molecule has 0 amide bonds. The van der Waals surface area contributed by atoms with Crippen LogP contribution in [0.3, 0.4) is 0 Å². The van der Waals surface area contributed by atoms with Crippen LogP contribution in [0.5, 0.6) is 11.5 Å². The lowest BCUT2D eigenvalue weighted by molar-refractivity contribution is 0.214. The van der Waals surface area contributed by atoms with E-state index in [0.29, 0.717) is 23.3 Å². The van der Waals surface area contributed by atoms with Gasteiger partial charge in [-0.05, 0) is 48.4 Å². The van der Waals surface area contributed by atoms with Gasteiger partial charge in [-0.3, -0.25) is 4.79 Å². The van der Waals surface area contributed by atoms with E-state index in [9.17, 15) is 4.79 Å². The van der Waals surface area contributed by atoms with E-state index in [1.807, 2.05) is 55.5 Å². The van der Waals surface area contributed by atoms with Crippen molar-refractivity contribution in [3.05, 3.63) is 82.7 Å². The fourth-order valence-corrected chi connectivity index (χ4v) is 2.97. The van der Waals surface area contributed by atoms with Crippen LogP contribution in [0.4, 0.5) is 0 Å². The summed E-state index contributed by atoms with van der Waals surface area (Å²) < 4.78 is 22.9. The fourth-order valence-electron chi connectivity index (χ4n) is 2.97. The maximum atomic E-state index is 13.1. The Hall–Kier alpha value is -3.47. The van der Waals surface area contributed by atoms with E-state index in [-0.39, 0.29) is 23.5 Å². The minimum absolute atomic E-state index is 0.132. The summed E-state index contributed by atoms with van der Waals surface area (Å²) in [5, 5.41) is 0.494. The Bertz CT molecular complexity index is 1110. The molecule has 2 aromatic heterocycles. The second kappa shape index (κ2) is 8.05. The number of benzene rings is 2. The molecule has 0 atom stereocenters. The summed E-state index contributed by atoms with van der Waals surface area (Å²) in [6.45, 7) is 2.54. The summed E-state index contributed by atoms with van der Waals surface area (Å²) in [5.74, 6) is 1.60. The van der Waals surface area contributed by atoms with Crippen molar-refractivity contribution < 1.29 is 18.3 Å². The van der Waals surface area contributed by atoms with E-state index in [4.69, 9.17) is 18.3 Å². The van der Waals surface area contributed by atoms with Gasteiger partial charge < -0.3 is 18.3 Å². The normalized spacial score (nSPS) is 10.9. The van der Waals surface area contributed by atoms with E-state index < -0.39 is 0 Å². The number of furan rings is 1. The van der Waals surface area contributed by atoms with Crippen LogP contribution in [-0.2, 0) is 6.42 Å². The highest BCUT2D eigenvalue weighted by molar-refractivity contribution is 5.81. The van der Waals surface area contributed by atoms with E-state index >= 15 is 0 Å². The van der Waals surface area contributed by atoms with E-state index in [2.05, 4.69) is 0 Å². The average molecular weight is 376 g/mol. The van der Waals surface area contributed by atoms with Crippen molar-refractivity contribution in [3.63, 3.8) is 0 Å². The van der Waals surface area contributed by atoms with Crippen molar-refractivity contribution in [2.24, 2.45) is 0 Å². The van der Waals surface area contributed by atoms with Crippen LogP contribution in [0.2, 0.25) is 0 Å². The highest BCUT2D eigenvalue weighted by Gasteiger charge is 2.20. The number of fused-ring (bicyclic) bond motifs is 1. The van der Waals surface area contributed by atoms with Crippen molar-refractivity contribution in [2.45, 2.75) is 13.3 Å². The third-order valence-electron chi connectivity index (χ3n) is 4.41. The van der Waals surface area contributed by atoms with Gasteiger partial charge in [0.05, 0.1) is 11.6 Å². The number of para-hydroxylation sites is 1. The molecule has 0 bridgehead atoms. The molecule has 0 aliphatic rings. The minimum atomic E-state index is -0.220. The van der Waals surface area contributed by atoms with E-state index in [1.54, 1.807) is 12.1 Å². The van der Waals surface area contributed by atoms with Crippen LogP contribution >= 0.6 is 0 Å². The average Bonchev–Trinajstić information content (AvgIpc) is 3.27. The predicted molar refractivity (Wildman–Crippen MR) is 107 cm³/mol. The van der Waals surface area contributed by atoms with Crippen LogP contribution in [0.15, 0.2) is 80.6 Å². The number of ether oxygens (including phenoxy) is 2. The van der Waals surface area contributed by atoms with E-state index in [1.165, 1.54) is 6.26 Å². The Balaban J connectivity index is 1.65. The molecule has 2 aromatic carbocycles. The first kappa shape index (κ1) is 17.9. The third-order valence-corrected chi connectivity index (χ3v) is 4.41. The van der Waals surface area contributed by atoms with Gasteiger partial charge >= 0.3 is 0 Å². The number of hydrogen-bond acceptors (Lipinski definition) is 5. The lowest BCUT2D eigenvalue weighted by Gasteiger charge is -2.11. The molecule has 142 valence electrons. The van der Waals surface area contributed by atoms with Gasteiger partial charge in [-0.15, -0.1) is 0 Å². The molecular weight excluding hydrogens is 356 g/mol. The van der Waals surface area contributed by atoms with Crippen molar-refractivity contribution >= 4 is 11.0 Å². The zero-order valence-electron chi connectivity index (χ0n) is 15.5. The maximum absolute atomic E-state index is 13.1. The molecule has 0 aliphatic carbocycles. The molecule has 0 saturated heterocycles. The molecule has 0 fully saturated rings. The fraction of sp³-hybridized carbons (Fsp3) is 0.174.